The first-order valence-electron chi connectivity index (χ1n) is 10.3. The minimum absolute atomic E-state index is 0.0130. The third kappa shape index (κ3) is 2.60. The maximum absolute atomic E-state index is 12.8. The number of allylic oxidation sites excluding steroid dienone is 1. The molecule has 3 aliphatic rings. The molecule has 2 aromatic carbocycles. The molecule has 4 atom stereocenters. The highest BCUT2D eigenvalue weighted by Gasteiger charge is 2.60. The van der Waals surface area contributed by atoms with Gasteiger partial charge in [-0.25, -0.2) is 4.79 Å². The fraction of sp³-hybridized carbons (Fsp3) is 0.400. The van der Waals surface area contributed by atoms with Gasteiger partial charge < -0.3 is 10.1 Å². The lowest BCUT2D eigenvalue weighted by atomic mass is 9.66. The van der Waals surface area contributed by atoms with Gasteiger partial charge in [0.15, 0.2) is 0 Å². The summed E-state index contributed by atoms with van der Waals surface area (Å²) in [5.74, 6) is 1.12. The summed E-state index contributed by atoms with van der Waals surface area (Å²) in [5, 5.41) is 3.28. The summed E-state index contributed by atoms with van der Waals surface area (Å²) in [6, 6.07) is 16.4. The second-order valence-electron chi connectivity index (χ2n) is 8.82. The molecule has 0 aliphatic heterocycles. The number of hydrogen-bond acceptors (Lipinski definition) is 2. The van der Waals surface area contributed by atoms with Crippen LogP contribution < -0.4 is 5.32 Å². The summed E-state index contributed by atoms with van der Waals surface area (Å²) in [4.78, 5) is 12.8. The number of carbonyl (C=O) groups excluding carboxylic acids is 1. The molecule has 2 bridgehead atoms. The van der Waals surface area contributed by atoms with Gasteiger partial charge in [0.2, 0.25) is 0 Å². The number of alkyl carbamates (subject to hydrolysis) is 1. The van der Waals surface area contributed by atoms with Crippen LogP contribution in [0.4, 0.5) is 4.79 Å². The quantitative estimate of drug-likeness (QED) is 0.690. The number of aryl methyl sites for hydroxylation is 1. The number of fused-ring (bicyclic) bond motifs is 3. The maximum atomic E-state index is 12.8. The van der Waals surface area contributed by atoms with E-state index in [4.69, 9.17) is 4.74 Å². The van der Waals surface area contributed by atoms with Crippen molar-refractivity contribution >= 4 is 6.09 Å². The lowest BCUT2D eigenvalue weighted by Crippen LogP contribution is -2.40. The average Bonchev–Trinajstić information content (AvgIpc) is 3.12. The van der Waals surface area contributed by atoms with Crippen molar-refractivity contribution in [3.05, 3.63) is 82.9 Å². The fourth-order valence-electron chi connectivity index (χ4n) is 6.14. The van der Waals surface area contributed by atoms with Gasteiger partial charge in [-0.05, 0) is 66.7 Å². The van der Waals surface area contributed by atoms with E-state index in [1.807, 2.05) is 30.3 Å². The molecular formula is C25H27NO2. The van der Waals surface area contributed by atoms with Crippen LogP contribution in [0.3, 0.4) is 0 Å². The summed E-state index contributed by atoms with van der Waals surface area (Å²) in [7, 11) is 0. The van der Waals surface area contributed by atoms with Crippen molar-refractivity contribution in [1.82, 2.24) is 5.32 Å². The summed E-state index contributed by atoms with van der Waals surface area (Å²) in [5.41, 5.74) is 6.46. The highest BCUT2D eigenvalue weighted by atomic mass is 16.5. The third-order valence-corrected chi connectivity index (χ3v) is 7.33. The van der Waals surface area contributed by atoms with E-state index in [0.29, 0.717) is 18.4 Å². The van der Waals surface area contributed by atoms with Crippen LogP contribution in [-0.2, 0) is 11.3 Å². The molecule has 2 saturated carbocycles. The molecule has 0 heterocycles. The number of rotatable bonds is 3. The van der Waals surface area contributed by atoms with Gasteiger partial charge in [-0.15, -0.1) is 0 Å². The van der Waals surface area contributed by atoms with Crippen LogP contribution in [-0.4, -0.2) is 6.09 Å². The highest BCUT2D eigenvalue weighted by molar-refractivity contribution is 5.69. The molecule has 1 N–H and O–H groups in total. The van der Waals surface area contributed by atoms with E-state index in [9.17, 15) is 4.79 Å². The Morgan fingerprint density at radius 3 is 2.82 bits per heavy atom. The Morgan fingerprint density at radius 1 is 1.18 bits per heavy atom. The van der Waals surface area contributed by atoms with Crippen molar-refractivity contribution in [3.63, 3.8) is 0 Å². The summed E-state index contributed by atoms with van der Waals surface area (Å²) in [6.45, 7) is 6.85. The van der Waals surface area contributed by atoms with E-state index < -0.39 is 0 Å². The maximum Gasteiger partial charge on any atom is 0.407 e. The molecule has 2 fully saturated rings. The van der Waals surface area contributed by atoms with Gasteiger partial charge in [0.05, 0.1) is 6.04 Å². The monoisotopic (exact) mass is 373 g/mol. The van der Waals surface area contributed by atoms with E-state index in [-0.39, 0.29) is 17.6 Å². The lowest BCUT2D eigenvalue weighted by molar-refractivity contribution is 0.102. The normalized spacial score (nSPS) is 29.9. The zero-order valence-corrected chi connectivity index (χ0v) is 16.4. The zero-order valence-electron chi connectivity index (χ0n) is 16.4. The van der Waals surface area contributed by atoms with Gasteiger partial charge in [-0.3, -0.25) is 0 Å². The first-order valence-corrected chi connectivity index (χ1v) is 10.3. The van der Waals surface area contributed by atoms with Gasteiger partial charge in [0, 0.05) is 5.41 Å². The lowest BCUT2D eigenvalue weighted by Gasteiger charge is -2.40. The van der Waals surface area contributed by atoms with Crippen molar-refractivity contribution in [3.8, 4) is 0 Å². The van der Waals surface area contributed by atoms with Crippen molar-refractivity contribution in [2.45, 2.75) is 51.2 Å². The van der Waals surface area contributed by atoms with Crippen molar-refractivity contribution in [1.29, 1.82) is 0 Å². The molecular weight excluding hydrogens is 346 g/mol. The summed E-state index contributed by atoms with van der Waals surface area (Å²) in [6.07, 6.45) is 4.24. The van der Waals surface area contributed by atoms with E-state index in [1.165, 1.54) is 35.1 Å². The predicted molar refractivity (Wildman–Crippen MR) is 110 cm³/mol. The van der Waals surface area contributed by atoms with Crippen LogP contribution in [0.2, 0.25) is 0 Å². The van der Waals surface area contributed by atoms with Crippen LogP contribution in [0.15, 0.2) is 60.7 Å². The molecule has 3 heteroatoms. The summed E-state index contributed by atoms with van der Waals surface area (Å²) >= 11 is 0. The Hall–Kier alpha value is -2.55. The minimum atomic E-state index is -0.322. The van der Waals surface area contributed by atoms with Crippen molar-refractivity contribution in [2.24, 2.45) is 11.3 Å². The fourth-order valence-corrected chi connectivity index (χ4v) is 6.14. The van der Waals surface area contributed by atoms with E-state index in [0.717, 1.165) is 18.4 Å². The van der Waals surface area contributed by atoms with Gasteiger partial charge in [0.1, 0.15) is 6.61 Å². The Kier molecular flexibility index (Phi) is 4.08. The molecule has 3 nitrogen and oxygen atoms in total. The Morgan fingerprint density at radius 2 is 2.00 bits per heavy atom. The molecule has 4 unspecified atom stereocenters. The van der Waals surface area contributed by atoms with Crippen LogP contribution in [0.25, 0.3) is 0 Å². The first kappa shape index (κ1) is 17.5. The van der Waals surface area contributed by atoms with Crippen LogP contribution >= 0.6 is 0 Å². The van der Waals surface area contributed by atoms with Gasteiger partial charge in [-0.2, -0.15) is 0 Å². The van der Waals surface area contributed by atoms with Crippen LogP contribution in [0.1, 0.15) is 59.9 Å². The average molecular weight is 373 g/mol. The van der Waals surface area contributed by atoms with Crippen molar-refractivity contribution in [2.75, 3.05) is 0 Å². The molecule has 0 saturated heterocycles. The standard InChI is InChI=1S/C25H27NO2/c1-16-7-6-10-20-21-12-11-19-14-25(21,13-17(19)2)23(22(16)20)26-24(27)28-15-18-8-4-3-5-9-18/h3-10,19,21,23H,2,11-15H2,1H3,(H,26,27). The molecule has 0 aromatic heterocycles. The van der Waals surface area contributed by atoms with Crippen molar-refractivity contribution < 1.29 is 9.53 Å². The molecule has 3 aliphatic carbocycles. The van der Waals surface area contributed by atoms with Crippen LogP contribution in [0.5, 0.6) is 0 Å². The van der Waals surface area contributed by atoms with E-state index in [2.05, 4.69) is 37.0 Å². The molecule has 1 spiro atoms. The molecule has 5 rings (SSSR count). The van der Waals surface area contributed by atoms with E-state index >= 15 is 0 Å². The molecule has 0 radical (unpaired) electrons. The Balaban J connectivity index is 1.44. The zero-order chi connectivity index (χ0) is 19.3. The number of nitrogens with one attached hydrogen (secondary N) is 1. The Labute approximate surface area is 166 Å². The predicted octanol–water partition coefficient (Wildman–Crippen LogP) is 5.81. The topological polar surface area (TPSA) is 38.3 Å². The second kappa shape index (κ2) is 6.51. The van der Waals surface area contributed by atoms with Gasteiger partial charge in [0.25, 0.3) is 0 Å². The third-order valence-electron chi connectivity index (χ3n) is 7.33. The SMILES string of the molecule is C=C1CC23CC1CCC2c1cccc(C)c1C3NC(=O)OCc1ccccc1. The number of amides is 1. The highest BCUT2D eigenvalue weighted by Crippen LogP contribution is 2.69. The van der Waals surface area contributed by atoms with E-state index in [1.54, 1.807) is 0 Å². The number of carbonyl (C=O) groups is 1. The number of ether oxygens (including phenoxy) is 1. The largest absolute Gasteiger partial charge is 0.445 e. The smallest absolute Gasteiger partial charge is 0.407 e. The van der Waals surface area contributed by atoms with Crippen LogP contribution in [0, 0.1) is 18.3 Å². The number of hydrogen-bond donors (Lipinski definition) is 1. The summed E-state index contributed by atoms with van der Waals surface area (Å²) < 4.78 is 5.58. The molecule has 2 aromatic rings. The Bertz CT molecular complexity index is 935. The first-order chi connectivity index (χ1) is 13.6. The minimum Gasteiger partial charge on any atom is -0.445 e. The van der Waals surface area contributed by atoms with Gasteiger partial charge >= 0.3 is 6.09 Å². The molecule has 28 heavy (non-hydrogen) atoms. The van der Waals surface area contributed by atoms with Gasteiger partial charge in [-0.1, -0.05) is 60.7 Å². The molecule has 1 amide bonds. The second-order valence-corrected chi connectivity index (χ2v) is 8.82. The number of benzene rings is 2. The molecule has 144 valence electrons.